The predicted octanol–water partition coefficient (Wildman–Crippen LogP) is 7.49. The SMILES string of the molecule is CCC1CCC(N2CC(NC(=O)CNc3nn(CCO)c4ccc(C)cc34)C2)CC1.Cc1ccc2c(c1)c(NCC(=O)NC1CN(C3CCC(O)(c4nccs4)CC3)C1)nn2C(=O)NC(C)(C)C.Cc1ccc2c(c1)c(NCC(=O)NC1CN(C3CCC(O)(c4nccs4)CC3)C1)nn2C(N)=O. The van der Waals surface area contributed by atoms with Crippen LogP contribution in [0.1, 0.15) is 138 Å². The molecule has 5 amide bonds. The molecule has 5 aromatic heterocycles. The number of amides is 5. The van der Waals surface area contributed by atoms with Crippen molar-refractivity contribution >= 4 is 103 Å². The monoisotopic (exact) mass is 1440 g/mol. The van der Waals surface area contributed by atoms with Crippen LogP contribution in [-0.4, -0.2) is 206 Å². The fourth-order valence-electron chi connectivity index (χ4n) is 15.3. The Morgan fingerprint density at radius 3 is 1.31 bits per heavy atom. The Morgan fingerprint density at radius 2 is 0.931 bits per heavy atom. The van der Waals surface area contributed by atoms with E-state index in [1.54, 1.807) is 23.1 Å². The molecule has 8 aromatic rings. The zero-order valence-corrected chi connectivity index (χ0v) is 61.3. The topological polar surface area (TPSA) is 345 Å². The number of aryl methyl sites for hydroxylation is 3. The molecule has 0 radical (unpaired) electrons. The van der Waals surface area contributed by atoms with Gasteiger partial charge in [0.15, 0.2) is 17.5 Å². The highest BCUT2D eigenvalue weighted by molar-refractivity contribution is 7.10. The predicted molar refractivity (Wildman–Crippen MR) is 398 cm³/mol. The van der Waals surface area contributed by atoms with E-state index in [-0.39, 0.29) is 68.1 Å². The smallest absolute Gasteiger partial charge is 0.343 e. The van der Waals surface area contributed by atoms with Crippen molar-refractivity contribution in [3.8, 4) is 0 Å². The Hall–Kier alpha value is -8.16. The maximum atomic E-state index is 12.8. The standard InChI is InChI=1S/C27H37N7O3S.C23H29N7O3S.C23H35N5O2/c1-17-5-6-21-20(13-17)23(32-34(21)25(36)31-26(2,3)4)29-14-22(35)30-18-15-33(16-18)19-7-9-27(37,10-8-19)24-28-11-12-38-24;1-14-2-3-18-17(10-14)20(28-30(18)22(24)32)26-11-19(31)27-15-12-29(13-15)16-4-6-23(33,7-5-16)21-25-8-9-34-21;1-3-17-5-7-19(8-6-17)27-14-18(15-27)25-22(30)13-24-23-20-12-16(2)4-9-21(20)28(26-23)10-11-29/h5-6,11-13,18-19,37H,7-10,14-16H2,1-4H3,(H,29,32)(H,30,35)(H,31,36);2-3,8-10,15-16,33H,4-7,11-13H2,1H3,(H2,24,32)(H,26,28)(H,27,31);4,9,12,17-19,29H,3,5-8,10-11,13-15H2,1-2H3,(H,24,26)(H,25,30). The Kier molecular flexibility index (Phi) is 23.0. The second kappa shape index (κ2) is 31.8. The van der Waals surface area contributed by atoms with Gasteiger partial charge in [-0.2, -0.15) is 14.5 Å². The van der Waals surface area contributed by atoms with Crippen molar-refractivity contribution < 1.29 is 39.3 Å². The van der Waals surface area contributed by atoms with Gasteiger partial charge in [0.1, 0.15) is 21.2 Å². The van der Waals surface area contributed by atoms with E-state index in [2.05, 4.69) is 90.2 Å². The quantitative estimate of drug-likeness (QED) is 0.0352. The normalized spacial score (nSPS) is 23.0. The lowest BCUT2D eigenvalue weighted by atomic mass is 9.81. The molecule has 3 saturated heterocycles. The Balaban J connectivity index is 0.000000145. The number of nitrogens with zero attached hydrogens (tertiary/aromatic N) is 11. The number of likely N-dealkylation sites (tertiary alicyclic amines) is 3. The lowest BCUT2D eigenvalue weighted by molar-refractivity contribution is -0.122. The molecule has 6 fully saturated rings. The van der Waals surface area contributed by atoms with E-state index in [1.807, 2.05) is 94.8 Å². The highest BCUT2D eigenvalue weighted by Gasteiger charge is 2.44. The molecule has 0 unspecified atom stereocenters. The second-order valence-electron chi connectivity index (χ2n) is 29.9. The number of nitrogens with two attached hydrogens (primary N) is 1. The minimum atomic E-state index is -0.794. The molecule has 29 heteroatoms. The third kappa shape index (κ3) is 17.5. The summed E-state index contributed by atoms with van der Waals surface area (Å²) in [6.45, 7) is 20.0. The van der Waals surface area contributed by atoms with Gasteiger partial charge in [-0.25, -0.2) is 19.6 Å². The molecule has 8 heterocycles. The van der Waals surface area contributed by atoms with Gasteiger partial charge in [-0.15, -0.1) is 32.9 Å². The summed E-state index contributed by atoms with van der Waals surface area (Å²) in [7, 11) is 0. The molecule has 27 nitrogen and oxygen atoms in total. The van der Waals surface area contributed by atoms with Gasteiger partial charge in [0.05, 0.1) is 67.5 Å². The van der Waals surface area contributed by atoms with Crippen LogP contribution in [0.15, 0.2) is 77.8 Å². The molecule has 14 rings (SSSR count). The van der Waals surface area contributed by atoms with E-state index in [4.69, 9.17) is 5.73 Å². The molecule has 12 N–H and O–H groups in total. The summed E-state index contributed by atoms with van der Waals surface area (Å²) >= 11 is 3.03. The molecule has 3 aliphatic heterocycles. The van der Waals surface area contributed by atoms with Crippen molar-refractivity contribution in [1.29, 1.82) is 0 Å². The average Bonchev–Trinajstić information content (AvgIpc) is 1.82. The molecule has 0 atom stereocenters. The summed E-state index contributed by atoms with van der Waals surface area (Å²) in [6.07, 6.45) is 16.7. The number of benzene rings is 3. The van der Waals surface area contributed by atoms with Crippen molar-refractivity contribution in [3.05, 3.63) is 104 Å². The van der Waals surface area contributed by atoms with Crippen molar-refractivity contribution in [2.75, 3.05) is 81.5 Å². The maximum absolute atomic E-state index is 12.8. The Bertz CT molecular complexity index is 4200. The molecule has 3 aromatic carbocycles. The highest BCUT2D eigenvalue weighted by Crippen LogP contribution is 2.42. The molecule has 0 bridgehead atoms. The van der Waals surface area contributed by atoms with E-state index in [0.29, 0.717) is 66.0 Å². The zero-order chi connectivity index (χ0) is 72.0. The van der Waals surface area contributed by atoms with Crippen LogP contribution in [0.3, 0.4) is 0 Å². The van der Waals surface area contributed by atoms with Crippen LogP contribution < -0.4 is 43.0 Å². The third-order valence-electron chi connectivity index (χ3n) is 21.0. The summed E-state index contributed by atoms with van der Waals surface area (Å²) in [5.74, 6) is 2.36. The van der Waals surface area contributed by atoms with Crippen LogP contribution in [0.4, 0.5) is 27.0 Å². The number of hydrogen-bond donors (Lipinski definition) is 11. The first-order valence-electron chi connectivity index (χ1n) is 36.2. The lowest BCUT2D eigenvalue weighted by Crippen LogP contribution is -2.63. The van der Waals surface area contributed by atoms with Crippen LogP contribution in [0, 0.1) is 26.7 Å². The number of anilines is 3. The summed E-state index contributed by atoms with van der Waals surface area (Å²) in [4.78, 5) is 78.1. The number of hydrogen-bond acceptors (Lipinski definition) is 21. The van der Waals surface area contributed by atoms with Crippen molar-refractivity contribution in [3.63, 3.8) is 0 Å². The number of carbonyl (C=O) groups is 5. The van der Waals surface area contributed by atoms with Gasteiger partial charge in [-0.1, -0.05) is 48.2 Å². The number of carbonyl (C=O) groups excluding carboxylic acids is 5. The third-order valence-corrected chi connectivity index (χ3v) is 22.9. The number of nitrogens with one attached hydrogen (secondary N) is 7. The summed E-state index contributed by atoms with van der Waals surface area (Å²) < 4.78 is 4.27. The van der Waals surface area contributed by atoms with Gasteiger partial charge in [-0.05, 0) is 161 Å². The molecule has 3 aliphatic carbocycles. The minimum absolute atomic E-state index is 0.00634. The number of aromatic nitrogens is 8. The molecule has 102 heavy (non-hydrogen) atoms. The number of thiazole rings is 2. The summed E-state index contributed by atoms with van der Waals surface area (Å²) in [5.41, 5.74) is 8.89. The second-order valence-corrected chi connectivity index (χ2v) is 31.7. The van der Waals surface area contributed by atoms with E-state index >= 15 is 0 Å². The first-order chi connectivity index (χ1) is 48.9. The molecule has 548 valence electrons. The first-order valence-corrected chi connectivity index (χ1v) is 37.9. The van der Waals surface area contributed by atoms with Crippen LogP contribution >= 0.6 is 22.7 Å². The summed E-state index contributed by atoms with van der Waals surface area (Å²) in [6, 6.07) is 18.5. The Morgan fingerprint density at radius 1 is 0.549 bits per heavy atom. The van der Waals surface area contributed by atoms with E-state index in [1.165, 1.54) is 59.5 Å². The minimum Gasteiger partial charge on any atom is -0.394 e. The zero-order valence-electron chi connectivity index (χ0n) is 59.7. The molecular weight excluding hydrogens is 1340 g/mol. The summed E-state index contributed by atoms with van der Waals surface area (Å²) in [5, 5.41) is 74.0. The molecular formula is C73H101N19O8S2. The number of aliphatic hydroxyl groups is 3. The Labute approximate surface area is 603 Å². The van der Waals surface area contributed by atoms with Crippen molar-refractivity contribution in [2.24, 2.45) is 11.7 Å². The first kappa shape index (κ1) is 73.6. The molecule has 0 spiro atoms. The lowest BCUT2D eigenvalue weighted by Gasteiger charge is -2.47. The number of rotatable bonds is 20. The van der Waals surface area contributed by atoms with E-state index in [9.17, 15) is 39.3 Å². The van der Waals surface area contributed by atoms with E-state index < -0.39 is 22.8 Å². The number of aliphatic hydroxyl groups excluding tert-OH is 1. The average molecular weight is 1440 g/mol. The van der Waals surface area contributed by atoms with Crippen LogP contribution in [0.2, 0.25) is 0 Å². The fourth-order valence-corrected chi connectivity index (χ4v) is 16.9. The van der Waals surface area contributed by atoms with Crippen molar-refractivity contribution in [1.82, 2.24) is 75.3 Å². The van der Waals surface area contributed by atoms with Gasteiger partial charge in [0.25, 0.3) is 0 Å². The maximum Gasteiger partial charge on any atom is 0.343 e. The van der Waals surface area contributed by atoms with Crippen LogP contribution in [0.25, 0.3) is 32.7 Å². The van der Waals surface area contributed by atoms with Gasteiger partial charge in [0.2, 0.25) is 17.7 Å². The largest absolute Gasteiger partial charge is 0.394 e. The van der Waals surface area contributed by atoms with Gasteiger partial charge >= 0.3 is 12.1 Å². The van der Waals surface area contributed by atoms with Crippen LogP contribution in [-0.2, 0) is 32.1 Å². The fraction of sp³-hybridized carbons (Fsp3) is 0.562. The van der Waals surface area contributed by atoms with Gasteiger partial charge < -0.3 is 58.3 Å². The number of fused-ring (bicyclic) bond motifs is 3. The van der Waals surface area contributed by atoms with E-state index in [0.717, 1.165) is 137 Å². The highest BCUT2D eigenvalue weighted by atomic mass is 32.1. The molecule has 6 aliphatic rings. The van der Waals surface area contributed by atoms with Crippen molar-refractivity contribution in [2.45, 2.75) is 191 Å². The number of primary amides is 1. The van der Waals surface area contributed by atoms with Gasteiger partial charge in [-0.3, -0.25) is 33.8 Å². The van der Waals surface area contributed by atoms with Crippen LogP contribution in [0.5, 0.6) is 0 Å². The van der Waals surface area contributed by atoms with Gasteiger partial charge in [0, 0.05) is 102 Å². The molecule has 3 saturated carbocycles.